The lowest BCUT2D eigenvalue weighted by Gasteiger charge is -2.25. The van der Waals surface area contributed by atoms with Crippen LogP contribution in [0, 0.1) is 6.92 Å². The van der Waals surface area contributed by atoms with Crippen molar-refractivity contribution in [2.45, 2.75) is 32.4 Å². The lowest BCUT2D eigenvalue weighted by molar-refractivity contribution is -0.127. The van der Waals surface area contributed by atoms with Gasteiger partial charge in [-0.1, -0.05) is 48.5 Å². The molecule has 0 aliphatic carbocycles. The fourth-order valence-corrected chi connectivity index (χ4v) is 4.62. The molecule has 2 N–H and O–H groups in total. The molecule has 2 aromatic carbocycles. The molecule has 0 saturated heterocycles. The van der Waals surface area contributed by atoms with Crippen LogP contribution in [-0.4, -0.2) is 53.3 Å². The number of carbonyl (C=O) groups excluding carboxylic acids is 2. The van der Waals surface area contributed by atoms with Gasteiger partial charge in [-0.3, -0.25) is 9.59 Å². The molecule has 37 heavy (non-hydrogen) atoms. The summed E-state index contributed by atoms with van der Waals surface area (Å²) >= 11 is 0. The SMILES string of the molecule is COc1ccc(N(C)C(=O)[C@H](Cc2ccccc2)NC(=O)Cc2c(C)n(CCO)c3ccccc23)cn1. The van der Waals surface area contributed by atoms with E-state index in [1.165, 1.54) is 12.0 Å². The maximum absolute atomic E-state index is 13.6. The molecule has 1 atom stereocenters. The van der Waals surface area contributed by atoms with Gasteiger partial charge >= 0.3 is 0 Å². The number of methoxy groups -OCH3 is 1. The minimum Gasteiger partial charge on any atom is -0.481 e. The van der Waals surface area contributed by atoms with Crippen LogP contribution in [0.1, 0.15) is 16.8 Å². The molecule has 0 radical (unpaired) electrons. The number of ether oxygens (including phenoxy) is 1. The first-order valence-corrected chi connectivity index (χ1v) is 12.2. The van der Waals surface area contributed by atoms with Crippen molar-refractivity contribution >= 4 is 28.4 Å². The minimum absolute atomic E-state index is 0.00531. The van der Waals surface area contributed by atoms with Crippen LogP contribution in [0.3, 0.4) is 0 Å². The van der Waals surface area contributed by atoms with E-state index in [9.17, 15) is 14.7 Å². The topological polar surface area (TPSA) is 96.7 Å². The predicted octanol–water partition coefficient (Wildman–Crippen LogP) is 3.28. The molecule has 0 aliphatic rings. The first kappa shape index (κ1) is 25.9. The number of nitrogens with zero attached hydrogens (tertiary/aromatic N) is 3. The number of aliphatic hydroxyl groups excluding tert-OH is 1. The van der Waals surface area contributed by atoms with Gasteiger partial charge in [-0.25, -0.2) is 4.98 Å². The number of likely N-dealkylation sites (N-methyl/N-ethyl adjacent to an activating group) is 1. The third-order valence-electron chi connectivity index (χ3n) is 6.59. The molecular weight excluding hydrogens is 468 g/mol. The van der Waals surface area contributed by atoms with Gasteiger partial charge in [0, 0.05) is 42.7 Å². The van der Waals surface area contributed by atoms with E-state index >= 15 is 0 Å². The largest absolute Gasteiger partial charge is 0.481 e. The molecule has 4 rings (SSSR count). The van der Waals surface area contributed by atoms with E-state index < -0.39 is 6.04 Å². The Morgan fingerprint density at radius 3 is 2.49 bits per heavy atom. The Kier molecular flexibility index (Phi) is 8.20. The van der Waals surface area contributed by atoms with E-state index in [-0.39, 0.29) is 24.8 Å². The summed E-state index contributed by atoms with van der Waals surface area (Å²) in [6, 6.07) is 20.1. The number of anilines is 1. The highest BCUT2D eigenvalue weighted by Gasteiger charge is 2.26. The van der Waals surface area contributed by atoms with Gasteiger partial charge in [0.15, 0.2) is 0 Å². The Labute approximate surface area is 216 Å². The van der Waals surface area contributed by atoms with Gasteiger partial charge in [-0.2, -0.15) is 0 Å². The van der Waals surface area contributed by atoms with Gasteiger partial charge in [0.25, 0.3) is 0 Å². The molecule has 8 nitrogen and oxygen atoms in total. The number of nitrogens with one attached hydrogen (secondary N) is 1. The molecule has 2 aromatic heterocycles. The van der Waals surface area contributed by atoms with Gasteiger partial charge in [0.05, 0.1) is 32.0 Å². The van der Waals surface area contributed by atoms with Crippen LogP contribution >= 0.6 is 0 Å². The zero-order chi connectivity index (χ0) is 26.4. The first-order valence-electron chi connectivity index (χ1n) is 12.2. The van der Waals surface area contributed by atoms with Crippen LogP contribution in [0.15, 0.2) is 72.9 Å². The van der Waals surface area contributed by atoms with Crippen LogP contribution in [0.4, 0.5) is 5.69 Å². The summed E-state index contributed by atoms with van der Waals surface area (Å²) < 4.78 is 7.14. The number of fused-ring (bicyclic) bond motifs is 1. The number of rotatable bonds is 10. The summed E-state index contributed by atoms with van der Waals surface area (Å²) in [5.74, 6) is -0.0383. The number of para-hydroxylation sites is 1. The van der Waals surface area contributed by atoms with Crippen molar-refractivity contribution < 1.29 is 19.4 Å². The van der Waals surface area contributed by atoms with Crippen LogP contribution in [-0.2, 0) is 29.0 Å². The van der Waals surface area contributed by atoms with Gasteiger partial charge in [-0.05, 0) is 30.2 Å². The van der Waals surface area contributed by atoms with Crippen LogP contribution in [0.2, 0.25) is 0 Å². The van der Waals surface area contributed by atoms with Crippen molar-refractivity contribution in [3.63, 3.8) is 0 Å². The molecule has 8 heteroatoms. The number of benzene rings is 2. The first-order chi connectivity index (χ1) is 17.9. The van der Waals surface area contributed by atoms with E-state index in [0.717, 1.165) is 27.7 Å². The highest BCUT2D eigenvalue weighted by Crippen LogP contribution is 2.26. The number of carbonyl (C=O) groups is 2. The van der Waals surface area contributed by atoms with Crippen molar-refractivity contribution in [1.82, 2.24) is 14.9 Å². The Morgan fingerprint density at radius 1 is 1.08 bits per heavy atom. The predicted molar refractivity (Wildman–Crippen MR) is 144 cm³/mol. The second kappa shape index (κ2) is 11.7. The number of hydrogen-bond donors (Lipinski definition) is 2. The second-order valence-corrected chi connectivity index (χ2v) is 8.90. The molecule has 0 unspecified atom stereocenters. The monoisotopic (exact) mass is 500 g/mol. The van der Waals surface area contributed by atoms with Gasteiger partial charge in [0.2, 0.25) is 17.7 Å². The summed E-state index contributed by atoms with van der Waals surface area (Å²) in [5.41, 5.74) is 4.33. The number of hydrogen-bond acceptors (Lipinski definition) is 5. The van der Waals surface area contributed by atoms with Crippen molar-refractivity contribution in [3.05, 3.63) is 89.7 Å². The number of amides is 2. The van der Waals surface area contributed by atoms with Crippen molar-refractivity contribution in [1.29, 1.82) is 0 Å². The second-order valence-electron chi connectivity index (χ2n) is 8.90. The lowest BCUT2D eigenvalue weighted by Crippen LogP contribution is -2.49. The smallest absolute Gasteiger partial charge is 0.249 e. The Bertz CT molecular complexity index is 1370. The standard InChI is InChI=1S/C29H32N4O4/c1-20-24(23-11-7-8-12-26(23)33(20)15-16-34)18-27(35)31-25(17-21-9-5-4-6-10-21)29(36)32(2)22-13-14-28(37-3)30-19-22/h4-14,19,25,34H,15-18H2,1-3H3,(H,31,35)/t25-/m0/s1. The fourth-order valence-electron chi connectivity index (χ4n) is 4.62. The summed E-state index contributed by atoms with van der Waals surface area (Å²) in [7, 11) is 3.20. The normalized spacial score (nSPS) is 11.8. The van der Waals surface area contributed by atoms with Crippen molar-refractivity contribution in [2.24, 2.45) is 0 Å². The van der Waals surface area contributed by atoms with Gasteiger partial charge < -0.3 is 24.6 Å². The number of aliphatic hydroxyl groups is 1. The minimum atomic E-state index is -0.770. The van der Waals surface area contributed by atoms with E-state index in [4.69, 9.17) is 4.74 Å². The maximum atomic E-state index is 13.6. The molecule has 0 saturated carbocycles. The number of aromatic nitrogens is 2. The molecular formula is C29H32N4O4. The van der Waals surface area contributed by atoms with E-state index in [1.807, 2.05) is 66.1 Å². The Balaban J connectivity index is 1.58. The van der Waals surface area contributed by atoms with Crippen LogP contribution < -0.4 is 15.0 Å². The Hall–Kier alpha value is -4.17. The average molecular weight is 501 g/mol. The van der Waals surface area contributed by atoms with Gasteiger partial charge in [0.1, 0.15) is 6.04 Å². The van der Waals surface area contributed by atoms with E-state index in [0.29, 0.717) is 24.5 Å². The third kappa shape index (κ3) is 5.81. The molecule has 0 fully saturated rings. The Morgan fingerprint density at radius 2 is 1.81 bits per heavy atom. The fraction of sp³-hybridized carbons (Fsp3) is 0.276. The molecule has 0 spiro atoms. The summed E-state index contributed by atoms with van der Waals surface area (Å²) in [5, 5.41) is 13.5. The molecule has 2 heterocycles. The van der Waals surface area contributed by atoms with E-state index in [2.05, 4.69) is 10.3 Å². The highest BCUT2D eigenvalue weighted by molar-refractivity contribution is 5.99. The third-order valence-corrected chi connectivity index (χ3v) is 6.59. The van der Waals surface area contributed by atoms with Crippen molar-refractivity contribution in [2.75, 3.05) is 25.7 Å². The molecule has 2 amide bonds. The summed E-state index contributed by atoms with van der Waals surface area (Å²) in [4.78, 5) is 32.6. The summed E-state index contributed by atoms with van der Waals surface area (Å²) in [6.45, 7) is 2.41. The van der Waals surface area contributed by atoms with E-state index in [1.54, 1.807) is 25.4 Å². The summed E-state index contributed by atoms with van der Waals surface area (Å²) in [6.07, 6.45) is 2.04. The van der Waals surface area contributed by atoms with Crippen LogP contribution in [0.5, 0.6) is 5.88 Å². The molecule has 0 aliphatic heterocycles. The van der Waals surface area contributed by atoms with Crippen LogP contribution in [0.25, 0.3) is 10.9 Å². The lowest BCUT2D eigenvalue weighted by atomic mass is 10.0. The van der Waals surface area contributed by atoms with Gasteiger partial charge in [-0.15, -0.1) is 0 Å². The zero-order valence-corrected chi connectivity index (χ0v) is 21.3. The zero-order valence-electron chi connectivity index (χ0n) is 21.3. The maximum Gasteiger partial charge on any atom is 0.249 e. The van der Waals surface area contributed by atoms with Crippen molar-refractivity contribution in [3.8, 4) is 5.88 Å². The molecule has 192 valence electrons. The molecule has 4 aromatic rings. The highest BCUT2D eigenvalue weighted by atomic mass is 16.5. The quantitative estimate of drug-likeness (QED) is 0.348. The molecule has 0 bridgehead atoms. The number of pyridine rings is 1. The average Bonchev–Trinajstić information content (AvgIpc) is 3.18.